The van der Waals surface area contributed by atoms with E-state index in [1.165, 1.54) is 49.2 Å². The Kier molecular flexibility index (Phi) is 7.20. The van der Waals surface area contributed by atoms with E-state index in [0.717, 1.165) is 37.5 Å². The van der Waals surface area contributed by atoms with Crippen LogP contribution < -0.4 is 10.2 Å². The van der Waals surface area contributed by atoms with Crippen LogP contribution >= 0.6 is 0 Å². The molecule has 5 rings (SSSR count). The Balaban J connectivity index is 0.000000192. The minimum Gasteiger partial charge on any atom is -0.356 e. The Morgan fingerprint density at radius 2 is 2.00 bits per heavy atom. The van der Waals surface area contributed by atoms with E-state index >= 15 is 0 Å². The van der Waals surface area contributed by atoms with Crippen molar-refractivity contribution in [1.29, 1.82) is 0 Å². The molecule has 6 nitrogen and oxygen atoms in total. The van der Waals surface area contributed by atoms with Gasteiger partial charge in [-0.25, -0.2) is 4.98 Å². The van der Waals surface area contributed by atoms with Crippen molar-refractivity contribution in [3.8, 4) is 0 Å². The largest absolute Gasteiger partial charge is 0.356 e. The average molecular weight is 421 g/mol. The lowest BCUT2D eigenvalue weighted by Crippen LogP contribution is -2.32. The van der Waals surface area contributed by atoms with Crippen LogP contribution in [0.25, 0.3) is 5.65 Å². The van der Waals surface area contributed by atoms with Gasteiger partial charge in [-0.1, -0.05) is 19.1 Å². The van der Waals surface area contributed by atoms with Crippen molar-refractivity contribution in [2.75, 3.05) is 38.6 Å². The lowest BCUT2D eigenvalue weighted by molar-refractivity contribution is 0.315. The molecule has 0 saturated carbocycles. The number of hydrogen-bond donors (Lipinski definition) is 1. The summed E-state index contributed by atoms with van der Waals surface area (Å²) in [6.07, 6.45) is 10.4. The predicted molar refractivity (Wildman–Crippen MR) is 128 cm³/mol. The summed E-state index contributed by atoms with van der Waals surface area (Å²) in [5, 5.41) is 3.34. The van der Waals surface area contributed by atoms with E-state index in [9.17, 15) is 0 Å². The number of anilines is 1. The lowest BCUT2D eigenvalue weighted by atomic mass is 9.96. The highest BCUT2D eigenvalue weighted by molar-refractivity contribution is 5.53. The van der Waals surface area contributed by atoms with Crippen LogP contribution in [-0.2, 0) is 19.4 Å². The molecule has 31 heavy (non-hydrogen) atoms. The van der Waals surface area contributed by atoms with E-state index in [2.05, 4.69) is 76.0 Å². The molecule has 1 atom stereocenters. The summed E-state index contributed by atoms with van der Waals surface area (Å²) in [5.41, 5.74) is 4.93. The highest BCUT2D eigenvalue weighted by Crippen LogP contribution is 2.23. The van der Waals surface area contributed by atoms with Crippen LogP contribution in [0.2, 0.25) is 0 Å². The van der Waals surface area contributed by atoms with Crippen LogP contribution in [0.4, 0.5) is 5.82 Å². The number of imidazole rings is 1. The van der Waals surface area contributed by atoms with E-state index < -0.39 is 0 Å². The van der Waals surface area contributed by atoms with Gasteiger partial charge < -0.3 is 15.1 Å². The zero-order valence-electron chi connectivity index (χ0n) is 19.2. The summed E-state index contributed by atoms with van der Waals surface area (Å²) in [4.78, 5) is 13.8. The molecular formula is C25H36N6. The average Bonchev–Trinajstić information content (AvgIpc) is 3.45. The summed E-state index contributed by atoms with van der Waals surface area (Å²) in [6.45, 7) is 6.12. The number of likely N-dealkylation sites (N-methyl/N-ethyl adjacent to an activating group) is 1. The lowest BCUT2D eigenvalue weighted by Gasteiger charge is -2.22. The van der Waals surface area contributed by atoms with Gasteiger partial charge in [0.15, 0.2) is 0 Å². The number of aryl methyl sites for hydroxylation is 2. The Bertz CT molecular complexity index is 954. The van der Waals surface area contributed by atoms with E-state index in [1.54, 1.807) is 0 Å². The van der Waals surface area contributed by atoms with Crippen LogP contribution in [-0.4, -0.2) is 59.0 Å². The normalized spacial score (nSPS) is 18.2. The highest BCUT2D eigenvalue weighted by Gasteiger charge is 2.25. The third-order valence-electron chi connectivity index (χ3n) is 6.39. The molecule has 2 aliphatic rings. The molecule has 1 aliphatic carbocycles. The first kappa shape index (κ1) is 21.8. The van der Waals surface area contributed by atoms with Gasteiger partial charge in [-0.2, -0.15) is 0 Å². The van der Waals surface area contributed by atoms with Gasteiger partial charge in [-0.15, -0.1) is 0 Å². The van der Waals surface area contributed by atoms with Gasteiger partial charge in [0.2, 0.25) is 0 Å². The monoisotopic (exact) mass is 420 g/mol. The SMILES string of the molecule is CCNCc1cn2c(N3CCC(N(C)C)C3)cccc2n1.c1cnc2c(c1)CCCC2. The van der Waals surface area contributed by atoms with Gasteiger partial charge >= 0.3 is 0 Å². The van der Waals surface area contributed by atoms with Crippen molar-refractivity contribution in [1.82, 2.24) is 24.6 Å². The van der Waals surface area contributed by atoms with Crippen LogP contribution in [0.3, 0.4) is 0 Å². The van der Waals surface area contributed by atoms with Crippen molar-refractivity contribution >= 4 is 11.5 Å². The topological polar surface area (TPSA) is 48.7 Å². The molecule has 3 aromatic heterocycles. The van der Waals surface area contributed by atoms with Crippen LogP contribution in [0.5, 0.6) is 0 Å². The van der Waals surface area contributed by atoms with Gasteiger partial charge in [0, 0.05) is 43.8 Å². The molecule has 1 N–H and O–H groups in total. The Labute approximate surface area is 186 Å². The maximum atomic E-state index is 4.70. The maximum absolute atomic E-state index is 4.70. The minimum atomic E-state index is 0.644. The van der Waals surface area contributed by atoms with E-state index in [4.69, 9.17) is 4.98 Å². The van der Waals surface area contributed by atoms with Crippen LogP contribution in [0, 0.1) is 0 Å². The Hall–Kier alpha value is -2.44. The standard InChI is InChI=1S/C16H25N5.C9H11N/c1-4-17-10-13-11-21-15(18-13)6-5-7-16(21)20-9-8-14(12-20)19(2)3;1-2-6-9-8(4-1)5-3-7-10-9/h5-7,11,14,17H,4,8-10,12H2,1-3H3;3,5,7H,1-2,4,6H2. The molecule has 0 spiro atoms. The molecule has 6 heteroatoms. The van der Waals surface area contributed by atoms with Gasteiger partial charge in [0.05, 0.1) is 5.69 Å². The fourth-order valence-electron chi connectivity index (χ4n) is 4.55. The third-order valence-corrected chi connectivity index (χ3v) is 6.39. The van der Waals surface area contributed by atoms with Crippen molar-refractivity contribution in [3.63, 3.8) is 0 Å². The summed E-state index contributed by atoms with van der Waals surface area (Å²) < 4.78 is 2.23. The number of aromatic nitrogens is 3. The minimum absolute atomic E-state index is 0.644. The van der Waals surface area contributed by atoms with Crippen LogP contribution in [0.1, 0.15) is 43.1 Å². The number of pyridine rings is 2. The molecule has 3 aromatic rings. The van der Waals surface area contributed by atoms with Crippen molar-refractivity contribution in [3.05, 3.63) is 59.7 Å². The summed E-state index contributed by atoms with van der Waals surface area (Å²) >= 11 is 0. The molecule has 166 valence electrons. The molecule has 1 aliphatic heterocycles. The molecule has 4 heterocycles. The summed E-state index contributed by atoms with van der Waals surface area (Å²) in [6, 6.07) is 11.3. The van der Waals surface area contributed by atoms with E-state index in [1.807, 2.05) is 12.3 Å². The number of hydrogen-bond acceptors (Lipinski definition) is 5. The second kappa shape index (κ2) is 10.2. The molecular weight excluding hydrogens is 384 g/mol. The molecule has 0 bridgehead atoms. The molecule has 0 radical (unpaired) electrons. The quantitative estimate of drug-likeness (QED) is 0.684. The fourth-order valence-corrected chi connectivity index (χ4v) is 4.55. The summed E-state index contributed by atoms with van der Waals surface area (Å²) in [5.74, 6) is 1.26. The number of nitrogens with one attached hydrogen (secondary N) is 1. The first-order valence-electron chi connectivity index (χ1n) is 11.7. The van der Waals surface area contributed by atoms with Gasteiger partial charge in [0.25, 0.3) is 0 Å². The molecule has 1 fully saturated rings. The zero-order valence-corrected chi connectivity index (χ0v) is 19.2. The zero-order chi connectivity index (χ0) is 21.6. The Morgan fingerprint density at radius 3 is 2.77 bits per heavy atom. The first-order valence-corrected chi connectivity index (χ1v) is 11.7. The number of rotatable bonds is 5. The Morgan fingerprint density at radius 1 is 1.13 bits per heavy atom. The van der Waals surface area contributed by atoms with Crippen molar-refractivity contribution < 1.29 is 0 Å². The predicted octanol–water partition coefficient (Wildman–Crippen LogP) is 3.54. The summed E-state index contributed by atoms with van der Waals surface area (Å²) in [7, 11) is 4.33. The highest BCUT2D eigenvalue weighted by atomic mass is 15.3. The van der Waals surface area contributed by atoms with Gasteiger partial charge in [-0.05, 0) is 76.5 Å². The third kappa shape index (κ3) is 5.25. The van der Waals surface area contributed by atoms with Crippen molar-refractivity contribution in [2.45, 2.75) is 51.6 Å². The molecule has 0 amide bonds. The molecule has 1 saturated heterocycles. The second-order valence-electron chi connectivity index (χ2n) is 8.79. The molecule has 1 unspecified atom stereocenters. The number of nitrogens with zero attached hydrogens (tertiary/aromatic N) is 5. The molecule has 0 aromatic carbocycles. The smallest absolute Gasteiger partial charge is 0.138 e. The number of fused-ring (bicyclic) bond motifs is 2. The second-order valence-corrected chi connectivity index (χ2v) is 8.79. The van der Waals surface area contributed by atoms with Crippen LogP contribution in [0.15, 0.2) is 42.7 Å². The van der Waals surface area contributed by atoms with E-state index in [0.29, 0.717) is 6.04 Å². The first-order chi connectivity index (χ1) is 15.2. The van der Waals surface area contributed by atoms with Gasteiger partial charge in [0.1, 0.15) is 11.5 Å². The fraction of sp³-hybridized carbons (Fsp3) is 0.520. The van der Waals surface area contributed by atoms with Crippen molar-refractivity contribution in [2.24, 2.45) is 0 Å². The maximum Gasteiger partial charge on any atom is 0.138 e. The van der Waals surface area contributed by atoms with Gasteiger partial charge in [-0.3, -0.25) is 9.38 Å². The van der Waals surface area contributed by atoms with E-state index in [-0.39, 0.29) is 0 Å².